The maximum atomic E-state index is 12.9. The topological polar surface area (TPSA) is 102 Å². The zero-order valence-corrected chi connectivity index (χ0v) is 18.0. The van der Waals surface area contributed by atoms with Crippen molar-refractivity contribution < 1.29 is 4.79 Å². The molecule has 0 aliphatic carbocycles. The number of nitrogens with zero attached hydrogens (tertiary/aromatic N) is 7. The molecule has 0 saturated heterocycles. The number of fused-ring (bicyclic) bond motifs is 1. The molecule has 4 aromatic rings. The number of amides is 1. The first-order chi connectivity index (χ1) is 15.6. The van der Waals surface area contributed by atoms with Gasteiger partial charge in [0.05, 0.1) is 18.3 Å². The van der Waals surface area contributed by atoms with Gasteiger partial charge in [-0.15, -0.1) is 10.2 Å². The van der Waals surface area contributed by atoms with Crippen molar-refractivity contribution in [3.05, 3.63) is 71.0 Å². The van der Waals surface area contributed by atoms with Gasteiger partial charge in [0, 0.05) is 36.4 Å². The number of carbonyl (C=O) groups excluding carboxylic acids is 1. The first-order valence-electron chi connectivity index (χ1n) is 10.1. The Labute approximate surface area is 189 Å². The summed E-state index contributed by atoms with van der Waals surface area (Å²) in [4.78, 5) is 23.3. The summed E-state index contributed by atoms with van der Waals surface area (Å²) in [5.74, 6) is 1.75. The normalized spacial score (nSPS) is 12.6. The lowest BCUT2D eigenvalue weighted by Crippen LogP contribution is -2.31. The number of benzene rings is 1. The number of aromatic nitrogens is 6. The van der Waals surface area contributed by atoms with Crippen LogP contribution in [0.2, 0.25) is 5.02 Å². The Kier molecular flexibility index (Phi) is 5.24. The second kappa shape index (κ2) is 8.35. The van der Waals surface area contributed by atoms with Crippen LogP contribution in [0.1, 0.15) is 11.1 Å². The van der Waals surface area contributed by atoms with Crippen molar-refractivity contribution in [1.82, 2.24) is 29.9 Å². The van der Waals surface area contributed by atoms with Gasteiger partial charge in [0.15, 0.2) is 5.82 Å². The van der Waals surface area contributed by atoms with Gasteiger partial charge in [-0.1, -0.05) is 29.8 Å². The number of hydrogen-bond acceptors (Lipinski definition) is 7. The lowest BCUT2D eigenvalue weighted by atomic mass is 10.1. The Bertz CT molecular complexity index is 1300. The van der Waals surface area contributed by atoms with Gasteiger partial charge in [0.1, 0.15) is 11.5 Å². The van der Waals surface area contributed by atoms with Gasteiger partial charge < -0.3 is 5.32 Å². The summed E-state index contributed by atoms with van der Waals surface area (Å²) < 4.78 is 1.69. The molecule has 5 rings (SSSR count). The molecule has 0 unspecified atom stereocenters. The highest BCUT2D eigenvalue weighted by Crippen LogP contribution is 2.29. The van der Waals surface area contributed by atoms with Crippen LogP contribution in [0.15, 0.2) is 54.9 Å². The summed E-state index contributed by atoms with van der Waals surface area (Å²) in [5.41, 5.74) is 3.02. The third kappa shape index (κ3) is 3.90. The maximum Gasteiger partial charge on any atom is 0.232 e. The zero-order chi connectivity index (χ0) is 22.1. The molecular formula is C22H19ClN8O. The van der Waals surface area contributed by atoms with Gasteiger partial charge in [-0.2, -0.15) is 5.10 Å². The highest BCUT2D eigenvalue weighted by Gasteiger charge is 2.27. The first kappa shape index (κ1) is 20.1. The zero-order valence-electron chi connectivity index (χ0n) is 17.2. The van der Waals surface area contributed by atoms with Crippen molar-refractivity contribution in [1.29, 1.82) is 0 Å². The van der Waals surface area contributed by atoms with Crippen LogP contribution in [0, 0.1) is 0 Å². The van der Waals surface area contributed by atoms with Crippen molar-refractivity contribution in [3.63, 3.8) is 0 Å². The molecule has 10 heteroatoms. The minimum absolute atomic E-state index is 0.0522. The van der Waals surface area contributed by atoms with E-state index in [1.54, 1.807) is 34.1 Å². The maximum absolute atomic E-state index is 12.9. The standard InChI is InChI=1S/C22H19ClN8O/c1-30-19(7-10-25-30)27-22-24-9-6-17(26-22)18-12-15-8-11-31(21(15)29-28-18)20(32)13-14-4-2-3-5-16(14)23/h2-7,9-10,12H,8,11,13H2,1H3,(H,24,26,27). The van der Waals surface area contributed by atoms with Crippen LogP contribution < -0.4 is 10.2 Å². The lowest BCUT2D eigenvalue weighted by Gasteiger charge is -2.16. The van der Waals surface area contributed by atoms with Crippen molar-refractivity contribution >= 4 is 35.1 Å². The van der Waals surface area contributed by atoms with Gasteiger partial charge in [0.2, 0.25) is 11.9 Å². The molecule has 1 N–H and O–H groups in total. The van der Waals surface area contributed by atoms with E-state index >= 15 is 0 Å². The quantitative estimate of drug-likeness (QED) is 0.502. The predicted molar refractivity (Wildman–Crippen MR) is 121 cm³/mol. The fourth-order valence-corrected chi connectivity index (χ4v) is 3.82. The average Bonchev–Trinajstić information content (AvgIpc) is 3.41. The molecule has 1 aromatic carbocycles. The third-order valence-corrected chi connectivity index (χ3v) is 5.66. The molecule has 0 saturated carbocycles. The van der Waals surface area contributed by atoms with Crippen LogP contribution in [-0.2, 0) is 24.7 Å². The van der Waals surface area contributed by atoms with E-state index in [9.17, 15) is 4.79 Å². The van der Waals surface area contributed by atoms with Gasteiger partial charge in [-0.25, -0.2) is 9.97 Å². The van der Waals surface area contributed by atoms with Gasteiger partial charge in [-0.05, 0) is 30.2 Å². The molecule has 0 atom stereocenters. The van der Waals surface area contributed by atoms with Gasteiger partial charge in [0.25, 0.3) is 0 Å². The van der Waals surface area contributed by atoms with E-state index in [0.717, 1.165) is 16.9 Å². The number of hydrogen-bond donors (Lipinski definition) is 1. The summed E-state index contributed by atoms with van der Waals surface area (Å²) in [7, 11) is 1.83. The minimum Gasteiger partial charge on any atom is -0.309 e. The molecule has 3 aromatic heterocycles. The van der Waals surface area contributed by atoms with E-state index in [1.807, 2.05) is 37.4 Å². The van der Waals surface area contributed by atoms with E-state index in [1.165, 1.54) is 0 Å². The van der Waals surface area contributed by atoms with E-state index < -0.39 is 0 Å². The number of carbonyl (C=O) groups is 1. The molecule has 32 heavy (non-hydrogen) atoms. The average molecular weight is 447 g/mol. The van der Waals surface area contributed by atoms with Crippen LogP contribution >= 0.6 is 11.6 Å². The molecule has 0 bridgehead atoms. The summed E-state index contributed by atoms with van der Waals surface area (Å²) in [6.07, 6.45) is 4.28. The molecule has 0 spiro atoms. The van der Waals surface area contributed by atoms with Crippen LogP contribution in [0.4, 0.5) is 17.6 Å². The largest absolute Gasteiger partial charge is 0.309 e. The molecule has 160 valence electrons. The molecule has 4 heterocycles. The molecule has 0 radical (unpaired) electrons. The smallest absolute Gasteiger partial charge is 0.232 e. The number of anilines is 3. The minimum atomic E-state index is -0.0522. The molecule has 0 fully saturated rings. The van der Waals surface area contributed by atoms with E-state index in [-0.39, 0.29) is 12.3 Å². The molecule has 1 aliphatic heterocycles. The van der Waals surface area contributed by atoms with E-state index in [0.29, 0.717) is 41.1 Å². The van der Waals surface area contributed by atoms with Crippen LogP contribution in [0.3, 0.4) is 0 Å². The predicted octanol–water partition coefficient (Wildman–Crippen LogP) is 3.20. The van der Waals surface area contributed by atoms with E-state index in [2.05, 4.69) is 30.6 Å². The van der Waals surface area contributed by atoms with Crippen molar-refractivity contribution in [2.45, 2.75) is 12.8 Å². The van der Waals surface area contributed by atoms with Crippen LogP contribution in [-0.4, -0.2) is 42.4 Å². The third-order valence-electron chi connectivity index (χ3n) is 5.29. The highest BCUT2D eigenvalue weighted by molar-refractivity contribution is 6.31. The molecular weight excluding hydrogens is 428 g/mol. The number of rotatable bonds is 5. The molecule has 1 amide bonds. The van der Waals surface area contributed by atoms with Gasteiger partial charge >= 0.3 is 0 Å². The second-order valence-electron chi connectivity index (χ2n) is 7.37. The summed E-state index contributed by atoms with van der Waals surface area (Å²) in [5, 5.41) is 16.5. The highest BCUT2D eigenvalue weighted by atomic mass is 35.5. The Morgan fingerprint density at radius 2 is 2.00 bits per heavy atom. The molecule has 9 nitrogen and oxygen atoms in total. The number of aryl methyl sites for hydroxylation is 1. The second-order valence-corrected chi connectivity index (χ2v) is 7.78. The number of nitrogens with one attached hydrogen (secondary N) is 1. The lowest BCUT2D eigenvalue weighted by molar-refractivity contribution is -0.117. The fourth-order valence-electron chi connectivity index (χ4n) is 3.61. The Hall–Kier alpha value is -3.85. The number of halogens is 1. The van der Waals surface area contributed by atoms with Gasteiger partial charge in [-0.3, -0.25) is 14.4 Å². The summed E-state index contributed by atoms with van der Waals surface area (Å²) >= 11 is 6.21. The summed E-state index contributed by atoms with van der Waals surface area (Å²) in [6.45, 7) is 0.563. The van der Waals surface area contributed by atoms with Crippen molar-refractivity contribution in [2.75, 3.05) is 16.8 Å². The van der Waals surface area contributed by atoms with Crippen LogP contribution in [0.25, 0.3) is 11.4 Å². The Morgan fingerprint density at radius 3 is 2.81 bits per heavy atom. The Morgan fingerprint density at radius 1 is 1.12 bits per heavy atom. The van der Waals surface area contributed by atoms with E-state index in [4.69, 9.17) is 11.6 Å². The fraction of sp³-hybridized carbons (Fsp3) is 0.182. The monoisotopic (exact) mass is 446 g/mol. The van der Waals surface area contributed by atoms with Crippen molar-refractivity contribution in [2.24, 2.45) is 7.05 Å². The first-order valence-corrected chi connectivity index (χ1v) is 10.4. The molecule has 1 aliphatic rings. The van der Waals surface area contributed by atoms with Crippen molar-refractivity contribution in [3.8, 4) is 11.4 Å². The Balaban J connectivity index is 1.36. The SMILES string of the molecule is Cn1nccc1Nc1nccc(-c2cc3c(nn2)N(C(=O)Cc2ccccc2Cl)CC3)n1. The summed E-state index contributed by atoms with van der Waals surface area (Å²) in [6, 6.07) is 12.9. The van der Waals surface area contributed by atoms with Crippen LogP contribution in [0.5, 0.6) is 0 Å².